The van der Waals surface area contributed by atoms with E-state index in [1.165, 1.54) is 10.5 Å². The summed E-state index contributed by atoms with van der Waals surface area (Å²) in [7, 11) is 0. The smallest absolute Gasteiger partial charge is 0.0550 e. The zero-order chi connectivity index (χ0) is 8.97. The average Bonchev–Trinajstić information content (AvgIpc) is 2.04. The van der Waals surface area contributed by atoms with Gasteiger partial charge in [0.2, 0.25) is 0 Å². The molecule has 0 saturated heterocycles. The molecule has 0 amide bonds. The Kier molecular flexibility index (Phi) is 3.63. The van der Waals surface area contributed by atoms with E-state index in [-0.39, 0.29) is 11.9 Å². The highest BCUT2D eigenvalue weighted by Gasteiger charge is 2.01. The van der Waals surface area contributed by atoms with Gasteiger partial charge in [0.15, 0.2) is 0 Å². The van der Waals surface area contributed by atoms with Crippen LogP contribution in [0.3, 0.4) is 0 Å². The third-order valence-corrected chi connectivity index (χ3v) is 2.66. The largest absolute Gasteiger partial charge is 0.395 e. The van der Waals surface area contributed by atoms with Crippen molar-refractivity contribution >= 4 is 11.8 Å². The van der Waals surface area contributed by atoms with Crippen molar-refractivity contribution in [2.75, 3.05) is 6.61 Å². The monoisotopic (exact) mass is 182 g/mol. The number of rotatable bonds is 3. The number of benzene rings is 1. The fourth-order valence-corrected chi connectivity index (χ4v) is 1.91. The molecule has 66 valence electrons. The number of aliphatic hydroxyl groups is 1. The third kappa shape index (κ3) is 2.88. The molecule has 0 radical (unpaired) electrons. The van der Waals surface area contributed by atoms with E-state index in [1.54, 1.807) is 11.8 Å². The first-order valence-electron chi connectivity index (χ1n) is 4.06. The lowest BCUT2D eigenvalue weighted by Crippen LogP contribution is -2.01. The molecule has 0 heterocycles. The minimum absolute atomic E-state index is 0.235. The predicted molar refractivity (Wildman–Crippen MR) is 53.6 cm³/mol. The standard InChI is InChI=1S/C10H14OS/c1-8-4-3-5-10(6-8)12-9(2)7-11/h3-6,9,11H,7H2,1-2H3. The summed E-state index contributed by atoms with van der Waals surface area (Å²) in [5.74, 6) is 0. The van der Waals surface area contributed by atoms with E-state index in [4.69, 9.17) is 5.11 Å². The van der Waals surface area contributed by atoms with Gasteiger partial charge in [0.25, 0.3) is 0 Å². The Hall–Kier alpha value is -0.470. The first-order chi connectivity index (χ1) is 5.72. The molecule has 1 nitrogen and oxygen atoms in total. The van der Waals surface area contributed by atoms with Gasteiger partial charge >= 0.3 is 0 Å². The van der Waals surface area contributed by atoms with Gasteiger partial charge in [-0.25, -0.2) is 0 Å². The molecule has 0 aromatic heterocycles. The summed E-state index contributed by atoms with van der Waals surface area (Å²) < 4.78 is 0. The van der Waals surface area contributed by atoms with Crippen LogP contribution in [0.25, 0.3) is 0 Å². The molecule has 2 heteroatoms. The normalized spacial score (nSPS) is 12.9. The van der Waals surface area contributed by atoms with E-state index in [1.807, 2.05) is 13.0 Å². The Morgan fingerprint density at radius 3 is 2.83 bits per heavy atom. The van der Waals surface area contributed by atoms with Gasteiger partial charge < -0.3 is 5.11 Å². The van der Waals surface area contributed by atoms with Crippen LogP contribution in [0, 0.1) is 6.92 Å². The van der Waals surface area contributed by atoms with E-state index in [9.17, 15) is 0 Å². The Labute approximate surface area is 77.8 Å². The van der Waals surface area contributed by atoms with Crippen molar-refractivity contribution < 1.29 is 5.11 Å². The van der Waals surface area contributed by atoms with Gasteiger partial charge in [-0.3, -0.25) is 0 Å². The SMILES string of the molecule is Cc1cccc(SC(C)CO)c1. The van der Waals surface area contributed by atoms with E-state index in [0.29, 0.717) is 0 Å². The fraction of sp³-hybridized carbons (Fsp3) is 0.400. The van der Waals surface area contributed by atoms with E-state index in [0.717, 1.165) is 0 Å². The highest BCUT2D eigenvalue weighted by atomic mass is 32.2. The van der Waals surface area contributed by atoms with Crippen LogP contribution in [0.1, 0.15) is 12.5 Å². The first-order valence-corrected chi connectivity index (χ1v) is 4.94. The highest BCUT2D eigenvalue weighted by Crippen LogP contribution is 2.23. The molecule has 0 fully saturated rings. The fourth-order valence-electron chi connectivity index (χ4n) is 0.958. The molecule has 0 aliphatic rings. The van der Waals surface area contributed by atoms with Crippen molar-refractivity contribution in [3.63, 3.8) is 0 Å². The van der Waals surface area contributed by atoms with Crippen molar-refractivity contribution in [3.8, 4) is 0 Å². The summed E-state index contributed by atoms with van der Waals surface area (Å²) in [6.45, 7) is 4.33. The van der Waals surface area contributed by atoms with Crippen LogP contribution < -0.4 is 0 Å². The van der Waals surface area contributed by atoms with Crippen molar-refractivity contribution in [2.24, 2.45) is 0 Å². The van der Waals surface area contributed by atoms with Crippen LogP contribution in [0.5, 0.6) is 0 Å². The molecular weight excluding hydrogens is 168 g/mol. The molecule has 0 spiro atoms. The summed E-state index contributed by atoms with van der Waals surface area (Å²) in [5.41, 5.74) is 1.27. The maximum Gasteiger partial charge on any atom is 0.0550 e. The van der Waals surface area contributed by atoms with Crippen LogP contribution in [-0.2, 0) is 0 Å². The van der Waals surface area contributed by atoms with Crippen LogP contribution in [-0.4, -0.2) is 17.0 Å². The maximum atomic E-state index is 8.84. The average molecular weight is 182 g/mol. The number of hydrogen-bond donors (Lipinski definition) is 1. The van der Waals surface area contributed by atoms with Gasteiger partial charge in [0, 0.05) is 10.1 Å². The second-order valence-corrected chi connectivity index (χ2v) is 4.44. The van der Waals surface area contributed by atoms with Crippen molar-refractivity contribution in [1.29, 1.82) is 0 Å². The van der Waals surface area contributed by atoms with Crippen molar-refractivity contribution in [2.45, 2.75) is 24.0 Å². The van der Waals surface area contributed by atoms with Crippen LogP contribution in [0.2, 0.25) is 0 Å². The second-order valence-electron chi connectivity index (χ2n) is 2.93. The topological polar surface area (TPSA) is 20.2 Å². The summed E-state index contributed by atoms with van der Waals surface area (Å²) in [5, 5.41) is 9.13. The molecule has 1 N–H and O–H groups in total. The number of aliphatic hydroxyl groups excluding tert-OH is 1. The van der Waals surface area contributed by atoms with Crippen LogP contribution >= 0.6 is 11.8 Å². The molecule has 0 aliphatic heterocycles. The Balaban J connectivity index is 2.63. The molecule has 1 rings (SSSR count). The molecule has 0 saturated carbocycles. The van der Waals surface area contributed by atoms with Crippen LogP contribution in [0.15, 0.2) is 29.2 Å². The predicted octanol–water partition coefficient (Wildman–Crippen LogP) is 2.47. The minimum atomic E-state index is 0.235. The molecule has 0 aliphatic carbocycles. The molecule has 1 unspecified atom stereocenters. The summed E-state index contributed by atoms with van der Waals surface area (Å²) in [4.78, 5) is 1.23. The summed E-state index contributed by atoms with van der Waals surface area (Å²) >= 11 is 1.71. The molecule has 1 aromatic rings. The van der Waals surface area contributed by atoms with E-state index < -0.39 is 0 Å². The third-order valence-electron chi connectivity index (χ3n) is 1.58. The maximum absolute atomic E-state index is 8.84. The Morgan fingerprint density at radius 1 is 1.50 bits per heavy atom. The number of aryl methyl sites for hydroxylation is 1. The zero-order valence-electron chi connectivity index (χ0n) is 7.45. The lowest BCUT2D eigenvalue weighted by molar-refractivity contribution is 0.300. The van der Waals surface area contributed by atoms with Gasteiger partial charge in [0.1, 0.15) is 0 Å². The van der Waals surface area contributed by atoms with E-state index in [2.05, 4.69) is 25.1 Å². The van der Waals surface area contributed by atoms with Crippen molar-refractivity contribution in [3.05, 3.63) is 29.8 Å². The quantitative estimate of drug-likeness (QED) is 0.725. The lowest BCUT2D eigenvalue weighted by Gasteiger charge is -2.07. The molecule has 1 atom stereocenters. The Bertz CT molecular complexity index is 247. The lowest BCUT2D eigenvalue weighted by atomic mass is 10.2. The van der Waals surface area contributed by atoms with Gasteiger partial charge in [-0.15, -0.1) is 11.8 Å². The summed E-state index contributed by atoms with van der Waals surface area (Å²) in [6, 6.07) is 8.33. The molecular formula is C10H14OS. The minimum Gasteiger partial charge on any atom is -0.395 e. The van der Waals surface area contributed by atoms with Gasteiger partial charge in [-0.1, -0.05) is 24.6 Å². The molecule has 12 heavy (non-hydrogen) atoms. The molecule has 0 bridgehead atoms. The Morgan fingerprint density at radius 2 is 2.25 bits per heavy atom. The molecule has 1 aromatic carbocycles. The van der Waals surface area contributed by atoms with Gasteiger partial charge in [0.05, 0.1) is 6.61 Å². The number of thioether (sulfide) groups is 1. The number of hydrogen-bond acceptors (Lipinski definition) is 2. The van der Waals surface area contributed by atoms with Crippen LogP contribution in [0.4, 0.5) is 0 Å². The highest BCUT2D eigenvalue weighted by molar-refractivity contribution is 8.00. The summed E-state index contributed by atoms with van der Waals surface area (Å²) in [6.07, 6.45) is 0. The second kappa shape index (κ2) is 4.53. The van der Waals surface area contributed by atoms with E-state index >= 15 is 0 Å². The van der Waals surface area contributed by atoms with Crippen molar-refractivity contribution in [1.82, 2.24) is 0 Å². The zero-order valence-corrected chi connectivity index (χ0v) is 8.27. The van der Waals surface area contributed by atoms with Gasteiger partial charge in [-0.05, 0) is 19.1 Å². The van der Waals surface area contributed by atoms with Gasteiger partial charge in [-0.2, -0.15) is 0 Å². The first kappa shape index (κ1) is 9.62.